The normalized spacial score (nSPS) is 15.6. The van der Waals surface area contributed by atoms with Crippen molar-refractivity contribution in [3.63, 3.8) is 0 Å². The summed E-state index contributed by atoms with van der Waals surface area (Å²) in [6.45, 7) is 2.03. The van der Waals surface area contributed by atoms with Crippen molar-refractivity contribution in [3.8, 4) is 11.4 Å². The van der Waals surface area contributed by atoms with Gasteiger partial charge < -0.3 is 8.94 Å². The third-order valence-corrected chi connectivity index (χ3v) is 5.35. The minimum absolute atomic E-state index is 0.423. The number of nitrogens with zero attached hydrogens (tertiary/aromatic N) is 4. The van der Waals surface area contributed by atoms with Crippen molar-refractivity contribution in [2.75, 3.05) is 0 Å². The quantitative estimate of drug-likeness (QED) is 0.609. The van der Waals surface area contributed by atoms with Crippen LogP contribution in [-0.2, 0) is 5.75 Å². The van der Waals surface area contributed by atoms with Crippen molar-refractivity contribution in [1.29, 1.82) is 0 Å². The van der Waals surface area contributed by atoms with Crippen LogP contribution >= 0.6 is 11.8 Å². The molecule has 0 amide bonds. The van der Waals surface area contributed by atoms with Crippen molar-refractivity contribution >= 4 is 11.8 Å². The van der Waals surface area contributed by atoms with E-state index in [4.69, 9.17) is 8.94 Å². The fourth-order valence-corrected chi connectivity index (χ4v) is 3.77. The Morgan fingerprint density at radius 3 is 2.80 bits per heavy atom. The third kappa shape index (κ3) is 3.76. The van der Waals surface area contributed by atoms with Crippen molar-refractivity contribution in [3.05, 3.63) is 41.6 Å². The van der Waals surface area contributed by atoms with Crippen LogP contribution in [0.2, 0.25) is 0 Å². The van der Waals surface area contributed by atoms with Gasteiger partial charge in [-0.15, -0.1) is 10.2 Å². The highest BCUT2D eigenvalue weighted by Crippen LogP contribution is 2.33. The van der Waals surface area contributed by atoms with E-state index in [1.165, 1.54) is 31.0 Å². The molecule has 2 heterocycles. The van der Waals surface area contributed by atoms with E-state index in [0.717, 1.165) is 29.9 Å². The Morgan fingerprint density at radius 2 is 1.96 bits per heavy atom. The predicted octanol–water partition coefficient (Wildman–Crippen LogP) is 4.77. The van der Waals surface area contributed by atoms with Crippen LogP contribution in [0.1, 0.15) is 55.4 Å². The average molecular weight is 356 g/mol. The van der Waals surface area contributed by atoms with Crippen molar-refractivity contribution in [1.82, 2.24) is 20.3 Å². The maximum absolute atomic E-state index is 5.81. The van der Waals surface area contributed by atoms with E-state index >= 15 is 0 Å². The monoisotopic (exact) mass is 356 g/mol. The number of aryl methyl sites for hydroxylation is 1. The molecule has 1 fully saturated rings. The Labute approximate surface area is 150 Å². The Morgan fingerprint density at radius 1 is 1.12 bits per heavy atom. The van der Waals surface area contributed by atoms with Gasteiger partial charge in [0, 0.05) is 11.5 Å². The highest BCUT2D eigenvalue weighted by Gasteiger charge is 2.21. The zero-order chi connectivity index (χ0) is 17.1. The van der Waals surface area contributed by atoms with Gasteiger partial charge in [0.2, 0.25) is 17.6 Å². The molecule has 3 aromatic rings. The molecule has 1 aliphatic rings. The van der Waals surface area contributed by atoms with E-state index in [1.54, 1.807) is 0 Å². The zero-order valence-corrected chi connectivity index (χ0v) is 15.0. The van der Waals surface area contributed by atoms with Crippen LogP contribution in [0.3, 0.4) is 0 Å². The molecule has 6 nitrogen and oxygen atoms in total. The molecule has 4 rings (SSSR count). The summed E-state index contributed by atoms with van der Waals surface area (Å²) >= 11 is 1.43. The smallest absolute Gasteiger partial charge is 0.277 e. The Hall–Kier alpha value is -2.15. The molecule has 0 unspecified atom stereocenters. The predicted molar refractivity (Wildman–Crippen MR) is 94.2 cm³/mol. The van der Waals surface area contributed by atoms with Crippen LogP contribution in [0, 0.1) is 6.92 Å². The van der Waals surface area contributed by atoms with E-state index in [-0.39, 0.29) is 0 Å². The first kappa shape index (κ1) is 16.3. The SMILES string of the molecule is Cc1ccccc1-c1noc(CSc2nnc(C3CCCCC3)o2)n1. The molecule has 25 heavy (non-hydrogen) atoms. The Kier molecular flexibility index (Phi) is 4.83. The van der Waals surface area contributed by atoms with Gasteiger partial charge >= 0.3 is 0 Å². The van der Waals surface area contributed by atoms with Gasteiger partial charge in [-0.3, -0.25) is 0 Å². The molecule has 2 aromatic heterocycles. The Balaban J connectivity index is 1.39. The first-order valence-electron chi connectivity index (χ1n) is 8.64. The van der Waals surface area contributed by atoms with E-state index < -0.39 is 0 Å². The highest BCUT2D eigenvalue weighted by atomic mass is 32.2. The molecule has 0 radical (unpaired) electrons. The van der Waals surface area contributed by atoms with Gasteiger partial charge in [-0.2, -0.15) is 4.98 Å². The first-order valence-corrected chi connectivity index (χ1v) is 9.63. The standard InChI is InChI=1S/C18H20N4O2S/c1-12-7-5-6-10-14(12)16-19-15(24-22-16)11-25-18-21-20-17(23-18)13-8-3-2-4-9-13/h5-7,10,13H,2-4,8-9,11H2,1H3. The summed E-state index contributed by atoms with van der Waals surface area (Å²) in [5.41, 5.74) is 2.11. The van der Waals surface area contributed by atoms with Crippen molar-refractivity contribution in [2.45, 2.75) is 55.9 Å². The zero-order valence-electron chi connectivity index (χ0n) is 14.1. The molecule has 1 saturated carbocycles. The number of hydrogen-bond donors (Lipinski definition) is 0. The molecule has 0 atom stereocenters. The van der Waals surface area contributed by atoms with Gasteiger partial charge in [0.15, 0.2) is 0 Å². The molecule has 0 N–H and O–H groups in total. The van der Waals surface area contributed by atoms with Crippen LogP contribution < -0.4 is 0 Å². The molecule has 0 spiro atoms. The summed E-state index contributed by atoms with van der Waals surface area (Å²) in [6.07, 6.45) is 6.11. The second-order valence-electron chi connectivity index (χ2n) is 6.36. The van der Waals surface area contributed by atoms with Crippen LogP contribution in [0.5, 0.6) is 0 Å². The van der Waals surface area contributed by atoms with E-state index in [2.05, 4.69) is 20.3 Å². The highest BCUT2D eigenvalue weighted by molar-refractivity contribution is 7.98. The molecule has 0 aliphatic heterocycles. The molecule has 0 bridgehead atoms. The minimum atomic E-state index is 0.423. The largest absolute Gasteiger partial charge is 0.416 e. The second kappa shape index (κ2) is 7.39. The molecule has 7 heteroatoms. The fourth-order valence-electron chi connectivity index (χ4n) is 3.16. The van der Waals surface area contributed by atoms with Gasteiger partial charge in [-0.1, -0.05) is 60.4 Å². The molecule has 1 aliphatic carbocycles. The van der Waals surface area contributed by atoms with Gasteiger partial charge in [-0.25, -0.2) is 0 Å². The lowest BCUT2D eigenvalue weighted by Gasteiger charge is -2.17. The number of thioether (sulfide) groups is 1. The summed E-state index contributed by atoms with van der Waals surface area (Å²) in [6, 6.07) is 7.99. The van der Waals surface area contributed by atoms with E-state index in [1.807, 2.05) is 31.2 Å². The van der Waals surface area contributed by atoms with Gasteiger partial charge in [-0.05, 0) is 25.3 Å². The van der Waals surface area contributed by atoms with Crippen molar-refractivity contribution in [2.24, 2.45) is 0 Å². The molecular formula is C18H20N4O2S. The van der Waals surface area contributed by atoms with Crippen molar-refractivity contribution < 1.29 is 8.94 Å². The minimum Gasteiger partial charge on any atom is -0.416 e. The maximum Gasteiger partial charge on any atom is 0.277 e. The molecular weight excluding hydrogens is 336 g/mol. The summed E-state index contributed by atoms with van der Waals surface area (Å²) in [4.78, 5) is 4.46. The van der Waals surface area contributed by atoms with Crippen LogP contribution in [0.25, 0.3) is 11.4 Å². The maximum atomic E-state index is 5.81. The van der Waals surface area contributed by atoms with Crippen LogP contribution in [0.4, 0.5) is 0 Å². The van der Waals surface area contributed by atoms with E-state index in [9.17, 15) is 0 Å². The average Bonchev–Trinajstić information content (AvgIpc) is 3.31. The number of hydrogen-bond acceptors (Lipinski definition) is 7. The van der Waals surface area contributed by atoms with Crippen LogP contribution in [0.15, 0.2) is 38.4 Å². The lowest BCUT2D eigenvalue weighted by Crippen LogP contribution is -2.04. The van der Waals surface area contributed by atoms with Crippen LogP contribution in [-0.4, -0.2) is 20.3 Å². The number of rotatable bonds is 5. The second-order valence-corrected chi connectivity index (χ2v) is 7.28. The number of benzene rings is 1. The fraction of sp³-hybridized carbons (Fsp3) is 0.444. The summed E-state index contributed by atoms with van der Waals surface area (Å²) < 4.78 is 11.2. The molecule has 130 valence electrons. The Bertz CT molecular complexity index is 839. The van der Waals surface area contributed by atoms with Gasteiger partial charge in [0.05, 0.1) is 5.75 Å². The van der Waals surface area contributed by atoms with E-state index in [0.29, 0.717) is 28.6 Å². The lowest BCUT2D eigenvalue weighted by molar-refractivity contribution is 0.334. The first-order chi connectivity index (χ1) is 12.3. The number of aromatic nitrogens is 4. The molecule has 0 saturated heterocycles. The summed E-state index contributed by atoms with van der Waals surface area (Å²) in [5.74, 6) is 2.88. The summed E-state index contributed by atoms with van der Waals surface area (Å²) in [5, 5.41) is 13.0. The lowest BCUT2D eigenvalue weighted by atomic mass is 9.89. The third-order valence-electron chi connectivity index (χ3n) is 4.55. The van der Waals surface area contributed by atoms with Gasteiger partial charge in [0.1, 0.15) is 0 Å². The topological polar surface area (TPSA) is 77.8 Å². The summed E-state index contributed by atoms with van der Waals surface area (Å²) in [7, 11) is 0. The molecule has 1 aromatic carbocycles. The van der Waals surface area contributed by atoms with Gasteiger partial charge in [0.25, 0.3) is 5.22 Å².